The predicted octanol–water partition coefficient (Wildman–Crippen LogP) is 3.29. The van der Waals surface area contributed by atoms with E-state index in [4.69, 9.17) is 9.15 Å². The second-order valence-corrected chi connectivity index (χ2v) is 11.7. The molecule has 2 heterocycles. The van der Waals surface area contributed by atoms with Gasteiger partial charge in [0.15, 0.2) is 0 Å². The number of sulfonamides is 1. The van der Waals surface area contributed by atoms with Crippen molar-refractivity contribution in [1.82, 2.24) is 10.0 Å². The fraction of sp³-hybridized carbons (Fsp3) is 0.462. The van der Waals surface area contributed by atoms with Crippen LogP contribution in [0.3, 0.4) is 0 Å². The average molecular weight is 511 g/mol. The van der Waals surface area contributed by atoms with E-state index in [1.807, 2.05) is 32.0 Å². The lowest BCUT2D eigenvalue weighted by Gasteiger charge is -2.28. The molecule has 2 aliphatic rings. The number of carbonyl (C=O) groups excluding carboxylic acids is 1. The summed E-state index contributed by atoms with van der Waals surface area (Å²) < 4.78 is 40.7. The van der Waals surface area contributed by atoms with Gasteiger partial charge in [-0.05, 0) is 55.5 Å². The van der Waals surface area contributed by atoms with Gasteiger partial charge in [0.2, 0.25) is 15.9 Å². The van der Waals surface area contributed by atoms with Crippen molar-refractivity contribution in [2.75, 3.05) is 31.2 Å². The summed E-state index contributed by atoms with van der Waals surface area (Å²) in [4.78, 5) is 15.2. The number of anilines is 1. The highest BCUT2D eigenvalue weighted by Gasteiger charge is 2.46. The van der Waals surface area contributed by atoms with Crippen LogP contribution < -0.4 is 14.9 Å². The molecule has 10 heteroatoms. The normalized spacial score (nSPS) is 18.3. The van der Waals surface area contributed by atoms with E-state index >= 15 is 0 Å². The summed E-state index contributed by atoms with van der Waals surface area (Å²) in [5.74, 6) is -0.404. The minimum atomic E-state index is -4.01. The highest BCUT2D eigenvalue weighted by atomic mass is 32.2. The van der Waals surface area contributed by atoms with Crippen LogP contribution in [0.5, 0.6) is 0 Å². The van der Waals surface area contributed by atoms with E-state index in [-0.39, 0.29) is 10.8 Å². The van der Waals surface area contributed by atoms with Gasteiger partial charge in [-0.25, -0.2) is 8.42 Å². The van der Waals surface area contributed by atoms with Gasteiger partial charge in [-0.1, -0.05) is 13.8 Å². The quantitative estimate of drug-likeness (QED) is 0.476. The maximum Gasteiger partial charge on any atom is 0.241 e. The number of amides is 1. The molecule has 1 atom stereocenters. The summed E-state index contributed by atoms with van der Waals surface area (Å²) >= 11 is 0. The van der Waals surface area contributed by atoms with Gasteiger partial charge in [-0.2, -0.15) is 9.98 Å². The van der Waals surface area contributed by atoms with Crippen LogP contribution in [0.15, 0.2) is 45.7 Å². The number of benzene rings is 2. The number of nitrogens with zero attached hydrogens (tertiary/aromatic N) is 2. The largest absolute Gasteiger partial charge is 0.456 e. The van der Waals surface area contributed by atoms with E-state index in [0.29, 0.717) is 49.0 Å². The first-order valence-corrected chi connectivity index (χ1v) is 13.7. The third-order valence-electron chi connectivity index (χ3n) is 6.76. The molecule has 5 rings (SSSR count). The first kappa shape index (κ1) is 24.6. The summed E-state index contributed by atoms with van der Waals surface area (Å²) in [5, 5.41) is 13.5. The predicted molar refractivity (Wildman–Crippen MR) is 136 cm³/mol. The third-order valence-corrected chi connectivity index (χ3v) is 8.23. The van der Waals surface area contributed by atoms with Crippen LogP contribution in [-0.4, -0.2) is 52.2 Å². The maximum atomic E-state index is 13.3. The van der Waals surface area contributed by atoms with Crippen LogP contribution in [0.25, 0.3) is 21.9 Å². The molecule has 2 N–H and O–H groups in total. The van der Waals surface area contributed by atoms with Gasteiger partial charge < -0.3 is 19.4 Å². The molecular formula is C26H30N4O5S. The molecule has 190 valence electrons. The van der Waals surface area contributed by atoms with Crippen LogP contribution in [0.2, 0.25) is 0 Å². The van der Waals surface area contributed by atoms with E-state index in [9.17, 15) is 18.5 Å². The minimum absolute atomic E-state index is 0.0536. The maximum absolute atomic E-state index is 13.3. The van der Waals surface area contributed by atoms with Crippen molar-refractivity contribution < 1.29 is 22.4 Å². The minimum Gasteiger partial charge on any atom is -0.456 e. The number of ether oxygens (including phenoxy) is 1. The standard InChI is InChI=1S/C26H30N4O5S/c1-17(2)13-22(25(31)28-26(16-27)7-8-26)29-36(32,33)19-4-6-23-21(15-19)20-5-3-18(14-24(20)35-23)30-9-11-34-12-10-30/h3-6,14-15,17,22,29H,7-13H2,1-2H3,(H,28,31)/t22-/m0/s1. The molecule has 2 fully saturated rings. The van der Waals surface area contributed by atoms with Crippen LogP contribution in [0, 0.1) is 17.2 Å². The topological polar surface area (TPSA) is 125 Å². The summed E-state index contributed by atoms with van der Waals surface area (Å²) in [6.07, 6.45) is 1.47. The first-order valence-electron chi connectivity index (χ1n) is 12.2. The second-order valence-electron chi connectivity index (χ2n) is 10.0. The SMILES string of the molecule is CC(C)C[C@H](NS(=O)(=O)c1ccc2oc3cc(N4CCOCC4)ccc3c2c1)C(=O)NC1(C#N)CC1. The Hall–Kier alpha value is -3.13. The number of carbonyl (C=O) groups is 1. The van der Waals surface area contributed by atoms with Crippen LogP contribution >= 0.6 is 0 Å². The highest BCUT2D eigenvalue weighted by molar-refractivity contribution is 7.89. The van der Waals surface area contributed by atoms with Crippen molar-refractivity contribution in [3.63, 3.8) is 0 Å². The molecular weight excluding hydrogens is 480 g/mol. The van der Waals surface area contributed by atoms with Gasteiger partial charge in [0.05, 0.1) is 24.2 Å². The third kappa shape index (κ3) is 4.91. The zero-order valence-corrected chi connectivity index (χ0v) is 21.2. The molecule has 1 aromatic heterocycles. The van der Waals surface area contributed by atoms with Crippen LogP contribution in [0.1, 0.15) is 33.1 Å². The van der Waals surface area contributed by atoms with Gasteiger partial charge >= 0.3 is 0 Å². The lowest BCUT2D eigenvalue weighted by Crippen LogP contribution is -2.50. The van der Waals surface area contributed by atoms with E-state index in [1.165, 1.54) is 6.07 Å². The van der Waals surface area contributed by atoms with Crippen molar-refractivity contribution in [2.45, 2.75) is 49.6 Å². The Morgan fingerprint density at radius 3 is 2.53 bits per heavy atom. The number of hydrogen-bond acceptors (Lipinski definition) is 7. The molecule has 1 saturated heterocycles. The summed E-state index contributed by atoms with van der Waals surface area (Å²) in [7, 11) is -4.01. The van der Waals surface area contributed by atoms with Crippen molar-refractivity contribution in [2.24, 2.45) is 5.92 Å². The Labute approximate surface area is 210 Å². The Kier molecular flexibility index (Phi) is 6.41. The molecule has 0 unspecified atom stereocenters. The Morgan fingerprint density at radius 1 is 1.11 bits per heavy atom. The summed E-state index contributed by atoms with van der Waals surface area (Å²) in [6, 6.07) is 11.8. The fourth-order valence-corrected chi connectivity index (χ4v) is 5.81. The number of nitrogens with one attached hydrogen (secondary N) is 2. The molecule has 1 aliphatic carbocycles. The van der Waals surface area contributed by atoms with Gasteiger partial charge in [-0.3, -0.25) is 4.79 Å². The molecule has 1 amide bonds. The molecule has 1 saturated carbocycles. The molecule has 3 aromatic rings. The molecule has 1 aliphatic heterocycles. The number of fused-ring (bicyclic) bond motifs is 3. The Balaban J connectivity index is 1.42. The lowest BCUT2D eigenvalue weighted by atomic mass is 10.0. The fourth-order valence-electron chi connectivity index (χ4n) is 4.58. The Bertz CT molecular complexity index is 1450. The van der Waals surface area contributed by atoms with Crippen molar-refractivity contribution in [3.8, 4) is 6.07 Å². The monoisotopic (exact) mass is 510 g/mol. The van der Waals surface area contributed by atoms with E-state index in [1.54, 1.807) is 12.1 Å². The van der Waals surface area contributed by atoms with E-state index in [0.717, 1.165) is 24.2 Å². The van der Waals surface area contributed by atoms with Crippen LogP contribution in [0.4, 0.5) is 5.69 Å². The number of nitriles is 1. The smallest absolute Gasteiger partial charge is 0.241 e. The zero-order chi connectivity index (χ0) is 25.5. The molecule has 0 radical (unpaired) electrons. The van der Waals surface area contributed by atoms with Crippen molar-refractivity contribution in [1.29, 1.82) is 5.26 Å². The van der Waals surface area contributed by atoms with Gasteiger partial charge in [0, 0.05) is 35.6 Å². The second kappa shape index (κ2) is 9.39. The van der Waals surface area contributed by atoms with Gasteiger partial charge in [0.25, 0.3) is 0 Å². The zero-order valence-electron chi connectivity index (χ0n) is 20.4. The van der Waals surface area contributed by atoms with Crippen LogP contribution in [-0.2, 0) is 19.6 Å². The average Bonchev–Trinajstić information content (AvgIpc) is 3.54. The number of morpholine rings is 1. The molecule has 0 spiro atoms. The molecule has 2 aromatic carbocycles. The highest BCUT2D eigenvalue weighted by Crippen LogP contribution is 2.35. The summed E-state index contributed by atoms with van der Waals surface area (Å²) in [6.45, 7) is 6.81. The Morgan fingerprint density at radius 2 is 1.86 bits per heavy atom. The lowest BCUT2D eigenvalue weighted by molar-refractivity contribution is -0.123. The number of rotatable bonds is 8. The number of hydrogen-bond donors (Lipinski definition) is 2. The molecule has 36 heavy (non-hydrogen) atoms. The first-order chi connectivity index (χ1) is 17.2. The summed E-state index contributed by atoms with van der Waals surface area (Å²) in [5.41, 5.74) is 1.43. The van der Waals surface area contributed by atoms with Gasteiger partial charge in [0.1, 0.15) is 22.7 Å². The van der Waals surface area contributed by atoms with E-state index < -0.39 is 27.5 Å². The molecule has 0 bridgehead atoms. The number of furan rings is 1. The van der Waals surface area contributed by atoms with E-state index in [2.05, 4.69) is 21.0 Å². The molecule has 9 nitrogen and oxygen atoms in total. The van der Waals surface area contributed by atoms with Crippen molar-refractivity contribution >= 4 is 43.6 Å². The van der Waals surface area contributed by atoms with Gasteiger partial charge in [-0.15, -0.1) is 0 Å². The van der Waals surface area contributed by atoms with Crippen molar-refractivity contribution in [3.05, 3.63) is 36.4 Å².